The molecule has 0 spiro atoms. The fourth-order valence-corrected chi connectivity index (χ4v) is 5.83. The van der Waals surface area contributed by atoms with Crippen LogP contribution >= 0.6 is 0 Å². The van der Waals surface area contributed by atoms with Gasteiger partial charge in [-0.25, -0.2) is 16.8 Å². The molecule has 0 aliphatic carbocycles. The first-order valence-corrected chi connectivity index (χ1v) is 12.0. The molecule has 6 nitrogen and oxygen atoms in total. The lowest BCUT2D eigenvalue weighted by atomic mass is 10.0. The summed E-state index contributed by atoms with van der Waals surface area (Å²) in [6.07, 6.45) is 1.52. The smallest absolute Gasteiger partial charge is 0.262 e. The van der Waals surface area contributed by atoms with Crippen LogP contribution in [0.3, 0.4) is 0 Å². The minimum atomic E-state index is -3.76. The Hall–Kier alpha value is -2.06. The highest BCUT2D eigenvalue weighted by Gasteiger charge is 2.27. The van der Waals surface area contributed by atoms with E-state index in [1.54, 1.807) is 44.2 Å². The Morgan fingerprint density at radius 1 is 1.04 bits per heavy atom. The maximum Gasteiger partial charge on any atom is 0.262 e. The van der Waals surface area contributed by atoms with E-state index in [-0.39, 0.29) is 10.6 Å². The van der Waals surface area contributed by atoms with Gasteiger partial charge in [0.15, 0.2) is 0 Å². The topological polar surface area (TPSA) is 83.6 Å². The van der Waals surface area contributed by atoms with E-state index in [1.807, 2.05) is 13.0 Å². The molecule has 8 heteroatoms. The van der Waals surface area contributed by atoms with Crippen LogP contribution in [0.15, 0.2) is 41.3 Å². The molecule has 27 heavy (non-hydrogen) atoms. The van der Waals surface area contributed by atoms with E-state index in [0.29, 0.717) is 23.5 Å². The van der Waals surface area contributed by atoms with E-state index in [1.165, 1.54) is 4.31 Å². The number of sulfonamides is 2. The van der Waals surface area contributed by atoms with Gasteiger partial charge in [-0.2, -0.15) is 0 Å². The highest BCUT2D eigenvalue weighted by atomic mass is 32.2. The van der Waals surface area contributed by atoms with Gasteiger partial charge < -0.3 is 0 Å². The predicted molar refractivity (Wildman–Crippen MR) is 108 cm³/mol. The third-order valence-corrected chi connectivity index (χ3v) is 8.06. The van der Waals surface area contributed by atoms with Crippen LogP contribution in [0.4, 0.5) is 11.4 Å². The van der Waals surface area contributed by atoms with Gasteiger partial charge in [0.1, 0.15) is 0 Å². The molecule has 1 aliphatic heterocycles. The zero-order valence-electron chi connectivity index (χ0n) is 15.7. The van der Waals surface area contributed by atoms with Crippen LogP contribution < -0.4 is 9.03 Å². The second-order valence-electron chi connectivity index (χ2n) is 6.79. The van der Waals surface area contributed by atoms with Gasteiger partial charge in [0.05, 0.1) is 22.0 Å². The first-order valence-electron chi connectivity index (χ1n) is 8.87. The standard InChI is InChI=1S/C19H24N2O4S2/c1-4-26(22,23)21-11-5-6-16-8-9-17(13-18(16)21)20-27(24,25)19-10-7-14(2)12-15(19)3/h7-10,12-13,20H,4-6,11H2,1-3H3. The molecular formula is C19H24N2O4S2. The van der Waals surface area contributed by atoms with Gasteiger partial charge in [-0.1, -0.05) is 23.8 Å². The summed E-state index contributed by atoms with van der Waals surface area (Å²) in [6, 6.07) is 10.2. The van der Waals surface area contributed by atoms with Crippen molar-refractivity contribution in [2.75, 3.05) is 21.3 Å². The van der Waals surface area contributed by atoms with Gasteiger partial charge in [0.25, 0.3) is 10.0 Å². The number of anilines is 2. The molecule has 0 radical (unpaired) electrons. The van der Waals surface area contributed by atoms with Crippen LogP contribution in [-0.2, 0) is 26.5 Å². The molecule has 0 saturated carbocycles. The summed E-state index contributed by atoms with van der Waals surface area (Å²) in [5.41, 5.74) is 3.47. The lowest BCUT2D eigenvalue weighted by Crippen LogP contribution is -2.36. The summed E-state index contributed by atoms with van der Waals surface area (Å²) >= 11 is 0. The number of fused-ring (bicyclic) bond motifs is 1. The molecule has 1 heterocycles. The molecule has 2 aromatic rings. The second-order valence-corrected chi connectivity index (χ2v) is 10.6. The third-order valence-electron chi connectivity index (χ3n) is 4.73. The number of rotatable bonds is 5. The minimum absolute atomic E-state index is 0.00492. The highest BCUT2D eigenvalue weighted by Crippen LogP contribution is 2.33. The minimum Gasteiger partial charge on any atom is -0.280 e. The normalized spacial score (nSPS) is 14.7. The Balaban J connectivity index is 1.98. The molecule has 0 saturated heterocycles. The molecule has 0 bridgehead atoms. The molecule has 146 valence electrons. The Morgan fingerprint density at radius 2 is 1.78 bits per heavy atom. The summed E-state index contributed by atoms with van der Waals surface area (Å²) in [7, 11) is -7.17. The lowest BCUT2D eigenvalue weighted by molar-refractivity contribution is 0.587. The Bertz CT molecular complexity index is 1080. The van der Waals surface area contributed by atoms with E-state index in [2.05, 4.69) is 4.72 Å². The number of nitrogens with one attached hydrogen (secondary N) is 1. The molecule has 0 amide bonds. The van der Waals surface area contributed by atoms with Crippen LogP contribution in [0, 0.1) is 13.8 Å². The summed E-state index contributed by atoms with van der Waals surface area (Å²) in [5, 5.41) is 0. The number of nitrogens with zero attached hydrogens (tertiary/aromatic N) is 1. The quantitative estimate of drug-likeness (QED) is 0.823. The van der Waals surface area contributed by atoms with Gasteiger partial charge >= 0.3 is 0 Å². The van der Waals surface area contributed by atoms with Gasteiger partial charge in [-0.05, 0) is 62.9 Å². The van der Waals surface area contributed by atoms with Crippen LogP contribution in [0.5, 0.6) is 0 Å². The van der Waals surface area contributed by atoms with Crippen molar-refractivity contribution in [1.29, 1.82) is 0 Å². The van der Waals surface area contributed by atoms with Crippen molar-refractivity contribution in [3.63, 3.8) is 0 Å². The fraction of sp³-hybridized carbons (Fsp3) is 0.368. The zero-order valence-corrected chi connectivity index (χ0v) is 17.3. The van der Waals surface area contributed by atoms with E-state index in [9.17, 15) is 16.8 Å². The molecule has 0 aromatic heterocycles. The van der Waals surface area contributed by atoms with Crippen molar-refractivity contribution in [2.24, 2.45) is 0 Å². The van der Waals surface area contributed by atoms with Crippen LogP contribution in [0.2, 0.25) is 0 Å². The number of benzene rings is 2. The first-order chi connectivity index (χ1) is 12.6. The Morgan fingerprint density at radius 3 is 2.44 bits per heavy atom. The summed E-state index contributed by atoms with van der Waals surface area (Å²) < 4.78 is 54.4. The predicted octanol–water partition coefficient (Wildman–Crippen LogP) is 3.21. The van der Waals surface area contributed by atoms with Gasteiger partial charge in [-0.3, -0.25) is 9.03 Å². The average Bonchev–Trinajstić information content (AvgIpc) is 2.60. The third kappa shape index (κ3) is 3.96. The molecule has 2 aromatic carbocycles. The molecule has 0 fully saturated rings. The van der Waals surface area contributed by atoms with E-state index in [4.69, 9.17) is 0 Å². The SMILES string of the molecule is CCS(=O)(=O)N1CCCc2ccc(NS(=O)(=O)c3ccc(C)cc3C)cc21. The monoisotopic (exact) mass is 408 g/mol. The zero-order chi connectivity index (χ0) is 19.8. The van der Waals surface area contributed by atoms with Crippen molar-refractivity contribution in [1.82, 2.24) is 0 Å². The lowest BCUT2D eigenvalue weighted by Gasteiger charge is -2.30. The molecule has 0 atom stereocenters. The van der Waals surface area contributed by atoms with Crippen LogP contribution in [0.1, 0.15) is 30.0 Å². The second kappa shape index (κ2) is 7.16. The van der Waals surface area contributed by atoms with Gasteiger partial charge in [-0.15, -0.1) is 0 Å². The first kappa shape index (κ1) is 19.7. The number of aryl methyl sites for hydroxylation is 3. The van der Waals surface area contributed by atoms with Crippen LogP contribution in [-0.4, -0.2) is 29.1 Å². The van der Waals surface area contributed by atoms with Gasteiger partial charge in [0.2, 0.25) is 10.0 Å². The van der Waals surface area contributed by atoms with Gasteiger partial charge in [0, 0.05) is 6.54 Å². The molecule has 0 unspecified atom stereocenters. The fourth-order valence-electron chi connectivity index (χ4n) is 3.36. The summed E-state index contributed by atoms with van der Waals surface area (Å²) in [5.74, 6) is 0.00492. The van der Waals surface area contributed by atoms with Crippen molar-refractivity contribution in [3.8, 4) is 0 Å². The maximum atomic E-state index is 12.8. The van der Waals surface area contributed by atoms with Crippen LogP contribution in [0.25, 0.3) is 0 Å². The molecule has 3 rings (SSSR count). The molecular weight excluding hydrogens is 384 g/mol. The number of hydrogen-bond acceptors (Lipinski definition) is 4. The van der Waals surface area contributed by atoms with Crippen molar-refractivity contribution in [3.05, 3.63) is 53.1 Å². The maximum absolute atomic E-state index is 12.8. The van der Waals surface area contributed by atoms with Crippen molar-refractivity contribution >= 4 is 31.4 Å². The Kier molecular flexibility index (Phi) is 5.22. The molecule has 1 N–H and O–H groups in total. The number of hydrogen-bond donors (Lipinski definition) is 1. The average molecular weight is 409 g/mol. The summed E-state index contributed by atoms with van der Waals surface area (Å²) in [6.45, 7) is 5.68. The van der Waals surface area contributed by atoms with Crippen molar-refractivity contribution < 1.29 is 16.8 Å². The van der Waals surface area contributed by atoms with Crippen molar-refractivity contribution in [2.45, 2.75) is 38.5 Å². The van der Waals surface area contributed by atoms with E-state index >= 15 is 0 Å². The largest absolute Gasteiger partial charge is 0.280 e. The van der Waals surface area contributed by atoms with E-state index in [0.717, 1.165) is 24.0 Å². The molecule has 1 aliphatic rings. The van der Waals surface area contributed by atoms with E-state index < -0.39 is 20.0 Å². The highest BCUT2D eigenvalue weighted by molar-refractivity contribution is 7.93. The Labute approximate surface area is 161 Å². The summed E-state index contributed by atoms with van der Waals surface area (Å²) in [4.78, 5) is 0.212.